The Kier molecular flexibility index (Phi) is 8.14. The highest BCUT2D eigenvalue weighted by atomic mass is 35.5. The first kappa shape index (κ1) is 22.2. The zero-order valence-electron chi connectivity index (χ0n) is 17.4. The van der Waals surface area contributed by atoms with Gasteiger partial charge in [-0.3, -0.25) is 9.59 Å². The van der Waals surface area contributed by atoms with Crippen LogP contribution in [0.15, 0.2) is 48.5 Å². The second kappa shape index (κ2) is 11.0. The van der Waals surface area contributed by atoms with Gasteiger partial charge in [0.2, 0.25) is 5.91 Å². The van der Waals surface area contributed by atoms with Gasteiger partial charge in [0.05, 0.1) is 23.2 Å². The van der Waals surface area contributed by atoms with Crippen LogP contribution >= 0.6 is 11.6 Å². The highest BCUT2D eigenvalue weighted by Crippen LogP contribution is 2.23. The second-order valence-corrected chi connectivity index (χ2v) is 8.20. The Morgan fingerprint density at radius 2 is 1.80 bits per heavy atom. The van der Waals surface area contributed by atoms with E-state index in [0.29, 0.717) is 16.3 Å². The largest absolute Gasteiger partial charge is 0.376 e. The summed E-state index contributed by atoms with van der Waals surface area (Å²) >= 11 is 6.26. The minimum Gasteiger partial charge on any atom is -0.376 e. The number of benzene rings is 2. The molecule has 0 aromatic heterocycles. The summed E-state index contributed by atoms with van der Waals surface area (Å²) in [6.45, 7) is 2.16. The number of rotatable bonds is 8. The van der Waals surface area contributed by atoms with Crippen molar-refractivity contribution in [1.29, 1.82) is 0 Å². The van der Waals surface area contributed by atoms with Gasteiger partial charge in [0.15, 0.2) is 0 Å². The lowest BCUT2D eigenvalue weighted by Gasteiger charge is -2.23. The van der Waals surface area contributed by atoms with Crippen molar-refractivity contribution in [1.82, 2.24) is 10.6 Å². The third-order valence-electron chi connectivity index (χ3n) is 5.55. The summed E-state index contributed by atoms with van der Waals surface area (Å²) in [4.78, 5) is 25.1. The molecule has 5 nitrogen and oxygen atoms in total. The van der Waals surface area contributed by atoms with Gasteiger partial charge in [0.1, 0.15) is 0 Å². The van der Waals surface area contributed by atoms with Crippen LogP contribution in [-0.2, 0) is 4.79 Å². The van der Waals surface area contributed by atoms with Crippen molar-refractivity contribution in [3.8, 4) is 0 Å². The van der Waals surface area contributed by atoms with E-state index in [0.717, 1.165) is 37.7 Å². The van der Waals surface area contributed by atoms with Gasteiger partial charge in [-0.2, -0.15) is 0 Å². The number of halogens is 1. The molecule has 0 bridgehead atoms. The van der Waals surface area contributed by atoms with Gasteiger partial charge in [-0.25, -0.2) is 0 Å². The third-order valence-corrected chi connectivity index (χ3v) is 5.88. The molecular formula is C24H30ClN3O2. The first-order chi connectivity index (χ1) is 14.6. The van der Waals surface area contributed by atoms with Gasteiger partial charge in [0.25, 0.3) is 5.91 Å². The van der Waals surface area contributed by atoms with Gasteiger partial charge < -0.3 is 16.0 Å². The van der Waals surface area contributed by atoms with Crippen LogP contribution in [0.5, 0.6) is 0 Å². The molecule has 2 amide bonds. The van der Waals surface area contributed by atoms with E-state index in [1.807, 2.05) is 37.3 Å². The zero-order chi connectivity index (χ0) is 21.3. The fraction of sp³-hybridized carbons (Fsp3) is 0.417. The number of hydrogen-bond acceptors (Lipinski definition) is 3. The van der Waals surface area contributed by atoms with Crippen molar-refractivity contribution in [2.24, 2.45) is 0 Å². The van der Waals surface area contributed by atoms with E-state index in [1.165, 1.54) is 6.42 Å². The van der Waals surface area contributed by atoms with Crippen molar-refractivity contribution in [2.75, 3.05) is 11.9 Å². The summed E-state index contributed by atoms with van der Waals surface area (Å²) in [5.74, 6) is -0.260. The summed E-state index contributed by atoms with van der Waals surface area (Å²) in [5.41, 5.74) is 2.21. The zero-order valence-corrected chi connectivity index (χ0v) is 18.2. The van der Waals surface area contributed by atoms with Crippen molar-refractivity contribution < 1.29 is 9.59 Å². The van der Waals surface area contributed by atoms with E-state index in [2.05, 4.69) is 16.0 Å². The third kappa shape index (κ3) is 6.23. The van der Waals surface area contributed by atoms with Crippen molar-refractivity contribution >= 4 is 29.1 Å². The molecule has 1 saturated carbocycles. The second-order valence-electron chi connectivity index (χ2n) is 7.80. The maximum absolute atomic E-state index is 12.7. The first-order valence-corrected chi connectivity index (χ1v) is 11.1. The number of amides is 2. The molecule has 0 heterocycles. The SMILES string of the molecule is CCC(NC(=O)CNc1ccc(Cl)c(C(=O)NC2CCCCC2)c1)c1ccccc1. The van der Waals surface area contributed by atoms with Crippen LogP contribution in [0.2, 0.25) is 5.02 Å². The summed E-state index contributed by atoms with van der Waals surface area (Å²) in [7, 11) is 0. The molecule has 0 radical (unpaired) electrons. The topological polar surface area (TPSA) is 70.2 Å². The monoisotopic (exact) mass is 427 g/mol. The normalized spacial score (nSPS) is 15.3. The van der Waals surface area contributed by atoms with Crippen molar-refractivity contribution in [3.63, 3.8) is 0 Å². The fourth-order valence-electron chi connectivity index (χ4n) is 3.85. The molecule has 1 unspecified atom stereocenters. The predicted octanol–water partition coefficient (Wildman–Crippen LogP) is 5.08. The quantitative estimate of drug-likeness (QED) is 0.550. The van der Waals surface area contributed by atoms with Crippen molar-refractivity contribution in [2.45, 2.75) is 57.5 Å². The lowest BCUT2D eigenvalue weighted by atomic mass is 9.95. The molecule has 1 atom stereocenters. The molecular weight excluding hydrogens is 398 g/mol. The molecule has 0 saturated heterocycles. The lowest BCUT2D eigenvalue weighted by molar-refractivity contribution is -0.120. The molecule has 1 fully saturated rings. The number of carbonyl (C=O) groups excluding carboxylic acids is 2. The standard InChI is InChI=1S/C24H30ClN3O2/c1-2-22(17-9-5-3-6-10-17)28-23(29)16-26-19-13-14-21(25)20(15-19)24(30)27-18-11-7-4-8-12-18/h3,5-6,9-10,13-15,18,22,26H,2,4,7-8,11-12,16H2,1H3,(H,27,30)(H,28,29). The van der Waals surface area contributed by atoms with E-state index in [1.54, 1.807) is 18.2 Å². The Balaban J connectivity index is 1.56. The number of hydrogen-bond donors (Lipinski definition) is 3. The van der Waals surface area contributed by atoms with Gasteiger partial charge in [-0.15, -0.1) is 0 Å². The average molecular weight is 428 g/mol. The van der Waals surface area contributed by atoms with E-state index in [4.69, 9.17) is 11.6 Å². The predicted molar refractivity (Wildman–Crippen MR) is 122 cm³/mol. The Hall–Kier alpha value is -2.53. The van der Waals surface area contributed by atoms with Crippen LogP contribution in [0.3, 0.4) is 0 Å². The van der Waals surface area contributed by atoms with E-state index < -0.39 is 0 Å². The van der Waals surface area contributed by atoms with Crippen molar-refractivity contribution in [3.05, 3.63) is 64.7 Å². The Morgan fingerprint density at radius 1 is 1.07 bits per heavy atom. The Bertz CT molecular complexity index is 851. The Morgan fingerprint density at radius 3 is 2.50 bits per heavy atom. The van der Waals surface area contributed by atoms with Crippen LogP contribution in [0.4, 0.5) is 5.69 Å². The minimum atomic E-state index is -0.157. The number of nitrogens with one attached hydrogen (secondary N) is 3. The van der Waals surface area contributed by atoms with Crippen LogP contribution in [0.25, 0.3) is 0 Å². The number of anilines is 1. The van der Waals surface area contributed by atoms with Gasteiger partial charge >= 0.3 is 0 Å². The Labute approximate surface area is 183 Å². The van der Waals surface area contributed by atoms with Crippen LogP contribution < -0.4 is 16.0 Å². The summed E-state index contributed by atoms with van der Waals surface area (Å²) in [6.07, 6.45) is 6.37. The molecule has 1 aliphatic rings. The molecule has 160 valence electrons. The lowest BCUT2D eigenvalue weighted by Crippen LogP contribution is -2.36. The van der Waals surface area contributed by atoms with Crippen LogP contribution in [-0.4, -0.2) is 24.4 Å². The highest BCUT2D eigenvalue weighted by molar-refractivity contribution is 6.34. The van der Waals surface area contributed by atoms with E-state index in [-0.39, 0.29) is 30.4 Å². The molecule has 30 heavy (non-hydrogen) atoms. The molecule has 0 aliphatic heterocycles. The van der Waals surface area contributed by atoms with Gasteiger partial charge in [-0.1, -0.05) is 68.1 Å². The van der Waals surface area contributed by atoms with Crippen LogP contribution in [0.1, 0.15) is 67.4 Å². The molecule has 2 aromatic carbocycles. The fourth-order valence-corrected chi connectivity index (χ4v) is 4.06. The molecule has 2 aromatic rings. The maximum Gasteiger partial charge on any atom is 0.253 e. The molecule has 1 aliphatic carbocycles. The maximum atomic E-state index is 12.7. The smallest absolute Gasteiger partial charge is 0.253 e. The summed E-state index contributed by atoms with van der Waals surface area (Å²) in [5, 5.41) is 9.65. The summed E-state index contributed by atoms with van der Waals surface area (Å²) in [6, 6.07) is 15.3. The first-order valence-electron chi connectivity index (χ1n) is 10.8. The molecule has 3 rings (SSSR count). The summed E-state index contributed by atoms with van der Waals surface area (Å²) < 4.78 is 0. The number of carbonyl (C=O) groups is 2. The molecule has 3 N–H and O–H groups in total. The molecule has 6 heteroatoms. The van der Waals surface area contributed by atoms with E-state index >= 15 is 0 Å². The van der Waals surface area contributed by atoms with Gasteiger partial charge in [-0.05, 0) is 43.0 Å². The molecule has 0 spiro atoms. The highest BCUT2D eigenvalue weighted by Gasteiger charge is 2.19. The minimum absolute atomic E-state index is 0.0254. The average Bonchev–Trinajstić information content (AvgIpc) is 2.78. The van der Waals surface area contributed by atoms with E-state index in [9.17, 15) is 9.59 Å². The van der Waals surface area contributed by atoms with Crippen LogP contribution in [0, 0.1) is 0 Å². The van der Waals surface area contributed by atoms with Gasteiger partial charge in [0, 0.05) is 11.7 Å².